The highest BCUT2D eigenvalue weighted by atomic mass is 35.5. The van der Waals surface area contributed by atoms with Gasteiger partial charge in [0.2, 0.25) is 11.8 Å². The van der Waals surface area contributed by atoms with E-state index in [1.165, 1.54) is 6.21 Å². The van der Waals surface area contributed by atoms with E-state index in [4.69, 9.17) is 16.3 Å². The Bertz CT molecular complexity index is 1080. The second-order valence-electron chi connectivity index (χ2n) is 7.10. The number of benzene rings is 3. The summed E-state index contributed by atoms with van der Waals surface area (Å²) in [5, 5.41) is 7.27. The van der Waals surface area contributed by atoms with Crippen molar-refractivity contribution in [3.63, 3.8) is 0 Å². The van der Waals surface area contributed by atoms with Crippen molar-refractivity contribution in [2.45, 2.75) is 26.4 Å². The van der Waals surface area contributed by atoms with Gasteiger partial charge in [-0.2, -0.15) is 5.10 Å². The van der Waals surface area contributed by atoms with E-state index in [9.17, 15) is 9.59 Å². The zero-order valence-electron chi connectivity index (χ0n) is 17.7. The van der Waals surface area contributed by atoms with Gasteiger partial charge in [0, 0.05) is 23.6 Å². The Balaban J connectivity index is 1.39. The minimum absolute atomic E-state index is 0.0229. The average Bonchev–Trinajstić information content (AvgIpc) is 2.81. The smallest absolute Gasteiger partial charge is 0.240 e. The number of ether oxygens (including phenoxy) is 1. The molecule has 0 bridgehead atoms. The molecule has 0 saturated carbocycles. The molecule has 0 radical (unpaired) electrons. The van der Waals surface area contributed by atoms with Gasteiger partial charge in [-0.15, -0.1) is 0 Å². The molecule has 0 atom stereocenters. The van der Waals surface area contributed by atoms with Crippen LogP contribution in [0.15, 0.2) is 77.9 Å². The maximum absolute atomic E-state index is 12.1. The molecule has 0 aliphatic carbocycles. The molecule has 2 amide bonds. The molecule has 0 aliphatic rings. The topological polar surface area (TPSA) is 79.8 Å². The van der Waals surface area contributed by atoms with Crippen molar-refractivity contribution < 1.29 is 14.3 Å². The first-order valence-electron chi connectivity index (χ1n) is 10.1. The maximum Gasteiger partial charge on any atom is 0.240 e. The maximum atomic E-state index is 12.1. The predicted molar refractivity (Wildman–Crippen MR) is 127 cm³/mol. The number of carbonyl (C=O) groups is 2. The largest absolute Gasteiger partial charge is 0.489 e. The van der Waals surface area contributed by atoms with E-state index in [2.05, 4.69) is 15.8 Å². The highest BCUT2D eigenvalue weighted by molar-refractivity contribution is 6.31. The zero-order valence-corrected chi connectivity index (χ0v) is 18.4. The number of amides is 2. The molecule has 0 unspecified atom stereocenters. The fraction of sp³-hybridized carbons (Fsp3) is 0.160. The summed E-state index contributed by atoms with van der Waals surface area (Å²) in [5.74, 6) is 0.138. The number of hydrogen-bond acceptors (Lipinski definition) is 4. The highest BCUT2D eigenvalue weighted by Crippen LogP contribution is 2.23. The minimum atomic E-state index is -0.345. The Hall–Kier alpha value is -3.64. The van der Waals surface area contributed by atoms with Crippen LogP contribution in [0.4, 0.5) is 5.69 Å². The normalized spacial score (nSPS) is 10.7. The van der Waals surface area contributed by atoms with Gasteiger partial charge in [0.15, 0.2) is 0 Å². The number of nitrogens with one attached hydrogen (secondary N) is 2. The molecule has 0 aromatic heterocycles. The highest BCUT2D eigenvalue weighted by Gasteiger charge is 2.09. The van der Waals surface area contributed by atoms with Gasteiger partial charge in [0.05, 0.1) is 6.21 Å². The van der Waals surface area contributed by atoms with Gasteiger partial charge >= 0.3 is 0 Å². The number of anilines is 1. The fourth-order valence-electron chi connectivity index (χ4n) is 2.81. The molecule has 0 heterocycles. The lowest BCUT2D eigenvalue weighted by Gasteiger charge is -2.09. The van der Waals surface area contributed by atoms with Crippen molar-refractivity contribution in [1.82, 2.24) is 5.43 Å². The Morgan fingerprint density at radius 2 is 1.66 bits per heavy atom. The first-order chi connectivity index (χ1) is 15.5. The molecular formula is C25H24ClN3O3. The van der Waals surface area contributed by atoms with Crippen molar-refractivity contribution in [3.8, 4) is 5.75 Å². The lowest BCUT2D eigenvalue weighted by atomic mass is 10.2. The zero-order chi connectivity index (χ0) is 22.8. The molecule has 32 heavy (non-hydrogen) atoms. The van der Waals surface area contributed by atoms with Crippen LogP contribution in [0.3, 0.4) is 0 Å². The van der Waals surface area contributed by atoms with Crippen LogP contribution in [0.5, 0.6) is 5.75 Å². The molecule has 3 rings (SSSR count). The average molecular weight is 450 g/mol. The van der Waals surface area contributed by atoms with Gasteiger partial charge in [-0.05, 0) is 60.0 Å². The van der Waals surface area contributed by atoms with Gasteiger partial charge in [-0.3, -0.25) is 9.59 Å². The molecule has 6 nitrogen and oxygen atoms in total. The molecule has 0 saturated heterocycles. The fourth-order valence-corrected chi connectivity index (χ4v) is 2.98. The summed E-state index contributed by atoms with van der Waals surface area (Å²) >= 11 is 6.04. The predicted octanol–water partition coefficient (Wildman–Crippen LogP) is 5.10. The summed E-state index contributed by atoms with van der Waals surface area (Å²) < 4.78 is 5.74. The van der Waals surface area contributed by atoms with Crippen LogP contribution in [0.2, 0.25) is 5.02 Å². The van der Waals surface area contributed by atoms with Gasteiger partial charge in [-0.25, -0.2) is 5.43 Å². The van der Waals surface area contributed by atoms with Gasteiger partial charge in [0.25, 0.3) is 0 Å². The van der Waals surface area contributed by atoms with Gasteiger partial charge in [0.1, 0.15) is 12.4 Å². The summed E-state index contributed by atoms with van der Waals surface area (Å²) in [7, 11) is 0. The number of hydrazone groups is 1. The van der Waals surface area contributed by atoms with Crippen molar-refractivity contribution in [3.05, 3.63) is 94.5 Å². The van der Waals surface area contributed by atoms with E-state index < -0.39 is 0 Å². The van der Waals surface area contributed by atoms with Crippen LogP contribution in [0.1, 0.15) is 29.5 Å². The first kappa shape index (κ1) is 23.0. The minimum Gasteiger partial charge on any atom is -0.489 e. The molecule has 0 aliphatic heterocycles. The quantitative estimate of drug-likeness (QED) is 0.352. The Labute approximate surface area is 192 Å². The molecule has 3 aromatic carbocycles. The van der Waals surface area contributed by atoms with Crippen LogP contribution >= 0.6 is 11.6 Å². The van der Waals surface area contributed by atoms with Crippen LogP contribution < -0.4 is 15.5 Å². The first-order valence-corrected chi connectivity index (χ1v) is 10.5. The van der Waals surface area contributed by atoms with Gasteiger partial charge in [-0.1, -0.05) is 48.0 Å². The number of nitrogens with zero attached hydrogens (tertiary/aromatic N) is 1. The van der Waals surface area contributed by atoms with E-state index in [0.717, 1.165) is 22.4 Å². The van der Waals surface area contributed by atoms with Crippen molar-refractivity contribution in [2.24, 2.45) is 5.10 Å². The standard InChI is InChI=1S/C25H24ClN3O3/c1-18-22(26)8-5-9-23(18)28-24(30)14-15-25(31)29-27-16-19-10-12-21(13-11-19)32-17-20-6-3-2-4-7-20/h2-13,16H,14-15,17H2,1H3,(H,28,30)(H,29,31). The number of carbonyl (C=O) groups excluding carboxylic acids is 2. The molecule has 0 spiro atoms. The third-order valence-electron chi connectivity index (χ3n) is 4.65. The van der Waals surface area contributed by atoms with E-state index >= 15 is 0 Å². The van der Waals surface area contributed by atoms with Crippen LogP contribution in [-0.2, 0) is 16.2 Å². The number of halogens is 1. The van der Waals surface area contributed by atoms with E-state index in [0.29, 0.717) is 17.3 Å². The summed E-state index contributed by atoms with van der Waals surface area (Å²) in [5.41, 5.74) is 5.76. The second-order valence-corrected chi connectivity index (χ2v) is 7.50. The SMILES string of the molecule is Cc1c(Cl)cccc1NC(=O)CCC(=O)NN=Cc1ccc(OCc2ccccc2)cc1. The molecule has 164 valence electrons. The molecule has 3 aromatic rings. The van der Waals surface area contributed by atoms with E-state index in [-0.39, 0.29) is 24.7 Å². The third-order valence-corrected chi connectivity index (χ3v) is 5.06. The molecule has 2 N–H and O–H groups in total. The summed E-state index contributed by atoms with van der Waals surface area (Å²) in [6.45, 7) is 2.32. The number of hydrogen-bond donors (Lipinski definition) is 2. The molecule has 7 heteroatoms. The Morgan fingerprint density at radius 3 is 2.41 bits per heavy atom. The summed E-state index contributed by atoms with van der Waals surface area (Å²) in [4.78, 5) is 24.0. The van der Waals surface area contributed by atoms with Crippen molar-refractivity contribution in [2.75, 3.05) is 5.32 Å². The molecule has 0 fully saturated rings. The van der Waals surface area contributed by atoms with E-state index in [1.807, 2.05) is 61.5 Å². The Morgan fingerprint density at radius 1 is 0.938 bits per heavy atom. The van der Waals surface area contributed by atoms with E-state index in [1.54, 1.807) is 18.2 Å². The monoisotopic (exact) mass is 449 g/mol. The van der Waals surface area contributed by atoms with Gasteiger partial charge < -0.3 is 10.1 Å². The van der Waals surface area contributed by atoms with Crippen LogP contribution in [0.25, 0.3) is 0 Å². The van der Waals surface area contributed by atoms with Crippen LogP contribution in [-0.4, -0.2) is 18.0 Å². The van der Waals surface area contributed by atoms with Crippen molar-refractivity contribution >= 4 is 35.3 Å². The lowest BCUT2D eigenvalue weighted by Crippen LogP contribution is -2.20. The Kier molecular flexibility index (Phi) is 8.40. The molecular weight excluding hydrogens is 426 g/mol. The number of rotatable bonds is 9. The second kappa shape index (κ2) is 11.7. The van der Waals surface area contributed by atoms with Crippen molar-refractivity contribution in [1.29, 1.82) is 0 Å². The summed E-state index contributed by atoms with van der Waals surface area (Å²) in [6, 6.07) is 22.6. The summed E-state index contributed by atoms with van der Waals surface area (Å²) in [6.07, 6.45) is 1.60. The van der Waals surface area contributed by atoms with Crippen LogP contribution in [0, 0.1) is 6.92 Å². The third kappa shape index (κ3) is 7.25. The lowest BCUT2D eigenvalue weighted by molar-refractivity contribution is -0.124.